The molecule has 2 aromatic carbocycles. The molecule has 1 fully saturated rings. The lowest BCUT2D eigenvalue weighted by molar-refractivity contribution is -0.133. The fourth-order valence-electron chi connectivity index (χ4n) is 4.00. The minimum atomic E-state index is -3.73. The van der Waals surface area contributed by atoms with Gasteiger partial charge in [-0.05, 0) is 57.0 Å². The Balaban J connectivity index is 1.77. The van der Waals surface area contributed by atoms with E-state index in [-0.39, 0.29) is 37.0 Å². The number of carbonyl (C=O) groups is 1. The number of aryl methyl sites for hydroxylation is 3. The molecule has 0 saturated carbocycles. The molecule has 1 atom stereocenters. The van der Waals surface area contributed by atoms with Gasteiger partial charge in [-0.1, -0.05) is 29.8 Å². The lowest BCUT2D eigenvalue weighted by atomic mass is 10.1. The van der Waals surface area contributed by atoms with Crippen LogP contribution >= 0.6 is 0 Å². The number of sulfonamides is 2. The molecule has 33 heavy (non-hydrogen) atoms. The van der Waals surface area contributed by atoms with Gasteiger partial charge in [0, 0.05) is 26.2 Å². The maximum absolute atomic E-state index is 13.3. The number of nitrogens with zero attached hydrogens (tertiary/aromatic N) is 3. The molecule has 1 amide bonds. The highest BCUT2D eigenvalue weighted by Crippen LogP contribution is 2.27. The zero-order valence-corrected chi connectivity index (χ0v) is 21.3. The van der Waals surface area contributed by atoms with Gasteiger partial charge in [0.05, 0.1) is 16.8 Å². The Labute approximate surface area is 196 Å². The number of benzene rings is 2. The fourth-order valence-corrected chi connectivity index (χ4v) is 6.64. The molecule has 3 rings (SSSR count). The molecule has 2 aromatic rings. The number of piperazine rings is 1. The number of amides is 1. The van der Waals surface area contributed by atoms with Crippen LogP contribution in [0.15, 0.2) is 47.4 Å². The van der Waals surface area contributed by atoms with Crippen molar-refractivity contribution in [3.63, 3.8) is 0 Å². The zero-order chi connectivity index (χ0) is 24.6. The summed E-state index contributed by atoms with van der Waals surface area (Å²) in [5.41, 5.74) is 3.08. The minimum absolute atomic E-state index is 0.150. The lowest BCUT2D eigenvalue weighted by Gasteiger charge is -2.38. The van der Waals surface area contributed by atoms with E-state index in [1.54, 1.807) is 44.2 Å². The summed E-state index contributed by atoms with van der Waals surface area (Å²) >= 11 is 0. The summed E-state index contributed by atoms with van der Waals surface area (Å²) in [6, 6.07) is 11.2. The first-order valence-electron chi connectivity index (χ1n) is 10.7. The Bertz CT molecular complexity index is 1230. The summed E-state index contributed by atoms with van der Waals surface area (Å²) in [6.07, 6.45) is 1.09. The van der Waals surface area contributed by atoms with Gasteiger partial charge in [0.2, 0.25) is 26.0 Å². The maximum atomic E-state index is 13.3. The van der Waals surface area contributed by atoms with Gasteiger partial charge in [0.25, 0.3) is 0 Å². The van der Waals surface area contributed by atoms with Gasteiger partial charge in [-0.25, -0.2) is 16.8 Å². The number of rotatable bonds is 6. The highest BCUT2D eigenvalue weighted by molar-refractivity contribution is 7.92. The van der Waals surface area contributed by atoms with E-state index in [0.29, 0.717) is 5.69 Å². The summed E-state index contributed by atoms with van der Waals surface area (Å²) < 4.78 is 53.7. The van der Waals surface area contributed by atoms with Crippen LogP contribution < -0.4 is 4.31 Å². The third-order valence-electron chi connectivity index (χ3n) is 5.88. The molecule has 1 aliphatic rings. The average molecular weight is 494 g/mol. The van der Waals surface area contributed by atoms with E-state index in [4.69, 9.17) is 0 Å². The van der Waals surface area contributed by atoms with Crippen molar-refractivity contribution in [3.8, 4) is 0 Å². The summed E-state index contributed by atoms with van der Waals surface area (Å²) in [5.74, 6) is -0.353. The third-order valence-corrected chi connectivity index (χ3v) is 9.02. The van der Waals surface area contributed by atoms with Crippen molar-refractivity contribution >= 4 is 31.6 Å². The molecule has 10 heteroatoms. The summed E-state index contributed by atoms with van der Waals surface area (Å²) in [4.78, 5) is 15.0. The largest absolute Gasteiger partial charge is 0.338 e. The Morgan fingerprint density at radius 2 is 1.42 bits per heavy atom. The van der Waals surface area contributed by atoms with Crippen LogP contribution in [-0.2, 0) is 24.8 Å². The van der Waals surface area contributed by atoms with Crippen molar-refractivity contribution in [1.82, 2.24) is 9.21 Å². The summed E-state index contributed by atoms with van der Waals surface area (Å²) in [5, 5.41) is 0. The van der Waals surface area contributed by atoms with E-state index in [0.717, 1.165) is 27.3 Å². The van der Waals surface area contributed by atoms with Gasteiger partial charge < -0.3 is 4.90 Å². The molecule has 0 aliphatic carbocycles. The third kappa shape index (κ3) is 5.39. The highest BCUT2D eigenvalue weighted by atomic mass is 32.2. The Hall–Kier alpha value is -2.43. The van der Waals surface area contributed by atoms with Gasteiger partial charge in [0.15, 0.2) is 0 Å². The monoisotopic (exact) mass is 493 g/mol. The predicted molar refractivity (Wildman–Crippen MR) is 129 cm³/mol. The van der Waals surface area contributed by atoms with Gasteiger partial charge in [-0.2, -0.15) is 4.31 Å². The average Bonchev–Trinajstić information content (AvgIpc) is 2.75. The maximum Gasteiger partial charge on any atom is 0.246 e. The topological polar surface area (TPSA) is 95.1 Å². The van der Waals surface area contributed by atoms with Crippen LogP contribution in [-0.4, -0.2) is 70.4 Å². The molecule has 1 saturated heterocycles. The van der Waals surface area contributed by atoms with Gasteiger partial charge in [0.1, 0.15) is 6.04 Å². The Kier molecular flexibility index (Phi) is 7.21. The summed E-state index contributed by atoms with van der Waals surface area (Å²) in [7, 11) is -7.39. The van der Waals surface area contributed by atoms with Gasteiger partial charge >= 0.3 is 0 Å². The van der Waals surface area contributed by atoms with Crippen LogP contribution in [0.4, 0.5) is 5.69 Å². The van der Waals surface area contributed by atoms with Crippen LogP contribution in [0.3, 0.4) is 0 Å². The number of carbonyl (C=O) groups excluding carboxylic acids is 1. The zero-order valence-electron chi connectivity index (χ0n) is 19.6. The van der Waals surface area contributed by atoms with E-state index in [9.17, 15) is 21.6 Å². The molecule has 0 aromatic heterocycles. The van der Waals surface area contributed by atoms with E-state index in [1.807, 2.05) is 26.0 Å². The van der Waals surface area contributed by atoms with Crippen molar-refractivity contribution < 1.29 is 21.6 Å². The minimum Gasteiger partial charge on any atom is -0.338 e. The molecular formula is C23H31N3O5S2. The van der Waals surface area contributed by atoms with Gasteiger partial charge in [-0.15, -0.1) is 0 Å². The van der Waals surface area contributed by atoms with Crippen LogP contribution in [0.2, 0.25) is 0 Å². The second kappa shape index (κ2) is 9.44. The Morgan fingerprint density at radius 3 is 1.97 bits per heavy atom. The van der Waals surface area contributed by atoms with E-state index in [1.165, 1.54) is 9.21 Å². The van der Waals surface area contributed by atoms with E-state index < -0.39 is 26.1 Å². The second-order valence-corrected chi connectivity index (χ2v) is 12.4. The SMILES string of the molecule is Cc1ccc(S(=O)(=O)N2CCN(C(=O)[C@H](C)N(c3cc(C)ccc3C)S(C)(=O)=O)CC2)cc1. The van der Waals surface area contributed by atoms with Crippen molar-refractivity contribution in [1.29, 1.82) is 0 Å². The lowest BCUT2D eigenvalue weighted by Crippen LogP contribution is -2.56. The van der Waals surface area contributed by atoms with Gasteiger partial charge in [-0.3, -0.25) is 9.10 Å². The molecule has 8 nitrogen and oxygen atoms in total. The van der Waals surface area contributed by atoms with Crippen molar-refractivity contribution in [2.45, 2.75) is 38.6 Å². The smallest absolute Gasteiger partial charge is 0.246 e. The number of hydrogen-bond donors (Lipinski definition) is 0. The van der Waals surface area contributed by atoms with Crippen molar-refractivity contribution in [3.05, 3.63) is 59.2 Å². The standard InChI is InChI=1S/C23H31N3O5S2/c1-17-7-10-21(11-8-17)33(30,31)25-14-12-24(13-15-25)23(27)20(4)26(32(5,28)29)22-16-18(2)6-9-19(22)3/h6-11,16,20H,12-15H2,1-5H3/t20-/m0/s1. The van der Waals surface area contributed by atoms with Crippen LogP contribution in [0.25, 0.3) is 0 Å². The molecule has 0 spiro atoms. The fraction of sp³-hybridized carbons (Fsp3) is 0.435. The second-order valence-electron chi connectivity index (χ2n) is 8.57. The first-order chi connectivity index (χ1) is 15.3. The van der Waals surface area contributed by atoms with Crippen LogP contribution in [0.1, 0.15) is 23.6 Å². The molecule has 0 bridgehead atoms. The van der Waals surface area contributed by atoms with Crippen molar-refractivity contribution in [2.75, 3.05) is 36.7 Å². The first kappa shape index (κ1) is 25.2. The highest BCUT2D eigenvalue weighted by Gasteiger charge is 2.36. The molecular weight excluding hydrogens is 462 g/mol. The molecule has 0 radical (unpaired) electrons. The van der Waals surface area contributed by atoms with E-state index >= 15 is 0 Å². The predicted octanol–water partition coefficient (Wildman–Crippen LogP) is 2.30. The molecule has 0 unspecified atom stereocenters. The molecule has 0 N–H and O–H groups in total. The molecule has 1 aliphatic heterocycles. The molecule has 180 valence electrons. The Morgan fingerprint density at radius 1 is 0.879 bits per heavy atom. The van der Waals surface area contributed by atoms with Crippen LogP contribution in [0, 0.1) is 20.8 Å². The summed E-state index contributed by atoms with van der Waals surface area (Å²) in [6.45, 7) is 7.81. The van der Waals surface area contributed by atoms with Crippen LogP contribution in [0.5, 0.6) is 0 Å². The quantitative estimate of drug-likeness (QED) is 0.615. The normalized spacial score (nSPS) is 16.5. The van der Waals surface area contributed by atoms with Crippen molar-refractivity contribution in [2.24, 2.45) is 0 Å². The molecule has 1 heterocycles. The first-order valence-corrected chi connectivity index (χ1v) is 14.0. The number of anilines is 1. The van der Waals surface area contributed by atoms with E-state index in [2.05, 4.69) is 0 Å². The number of hydrogen-bond acceptors (Lipinski definition) is 5.